The number of amides is 1. The first kappa shape index (κ1) is 14.9. The zero-order chi connectivity index (χ0) is 17.0. The number of hydrogen-bond donors (Lipinski definition) is 0. The summed E-state index contributed by atoms with van der Waals surface area (Å²) in [5, 5.41) is 5.43. The van der Waals surface area contributed by atoms with Crippen molar-refractivity contribution in [2.75, 3.05) is 19.1 Å². The van der Waals surface area contributed by atoms with Gasteiger partial charge in [-0.05, 0) is 38.1 Å². The number of carbonyl (C=O) groups is 1. The number of benzene rings is 1. The Hall–Kier alpha value is -2.67. The van der Waals surface area contributed by atoms with Crippen LogP contribution >= 0.6 is 11.3 Å². The fourth-order valence-electron chi connectivity index (χ4n) is 2.96. The van der Waals surface area contributed by atoms with Crippen LogP contribution in [0.25, 0.3) is 16.6 Å². The smallest absolute Gasteiger partial charge is 0.258 e. The van der Waals surface area contributed by atoms with Gasteiger partial charge < -0.3 is 9.64 Å². The monoisotopic (exact) mass is 340 g/mol. The first-order valence-electron chi connectivity index (χ1n) is 7.50. The molecule has 0 saturated carbocycles. The minimum Gasteiger partial charge on any atom is -0.497 e. The Labute approximate surface area is 143 Å². The third-order valence-corrected chi connectivity index (χ3v) is 5.02. The van der Waals surface area contributed by atoms with Crippen LogP contribution in [0.15, 0.2) is 18.2 Å². The third kappa shape index (κ3) is 2.05. The molecule has 0 atom stereocenters. The van der Waals surface area contributed by atoms with Crippen molar-refractivity contribution < 1.29 is 9.53 Å². The summed E-state index contributed by atoms with van der Waals surface area (Å²) in [4.78, 5) is 19.7. The van der Waals surface area contributed by atoms with Gasteiger partial charge in [0.15, 0.2) is 0 Å². The molecule has 1 aliphatic heterocycles. The minimum atomic E-state index is -0.0421. The van der Waals surface area contributed by atoms with E-state index >= 15 is 0 Å². The number of fused-ring (bicyclic) bond motifs is 2. The number of nitrogens with zero attached hydrogens (tertiary/aromatic N) is 4. The van der Waals surface area contributed by atoms with E-state index in [4.69, 9.17) is 4.74 Å². The number of aryl methyl sites for hydroxylation is 2. The molecule has 0 unspecified atom stereocenters. The molecule has 0 radical (unpaired) electrons. The molecule has 7 heteroatoms. The molecule has 0 fully saturated rings. The van der Waals surface area contributed by atoms with E-state index in [1.165, 1.54) is 11.3 Å². The van der Waals surface area contributed by atoms with Crippen molar-refractivity contribution in [2.45, 2.75) is 13.8 Å². The van der Waals surface area contributed by atoms with Gasteiger partial charge in [0.1, 0.15) is 10.8 Å². The maximum absolute atomic E-state index is 12.7. The number of likely N-dealkylation sites (N-methyl/N-ethyl adjacent to an activating group) is 1. The van der Waals surface area contributed by atoms with Crippen LogP contribution in [0.3, 0.4) is 0 Å². The summed E-state index contributed by atoms with van der Waals surface area (Å²) in [5.41, 5.74) is 4.06. The van der Waals surface area contributed by atoms with E-state index in [-0.39, 0.29) is 5.91 Å². The molecule has 3 aromatic rings. The zero-order valence-corrected chi connectivity index (χ0v) is 14.6. The number of carbonyl (C=O) groups excluding carboxylic acids is 1. The first-order valence-corrected chi connectivity index (χ1v) is 8.32. The maximum atomic E-state index is 12.7. The van der Waals surface area contributed by atoms with E-state index in [0.717, 1.165) is 38.4 Å². The van der Waals surface area contributed by atoms with E-state index in [1.54, 1.807) is 23.6 Å². The summed E-state index contributed by atoms with van der Waals surface area (Å²) in [6, 6.07) is 5.65. The lowest BCUT2D eigenvalue weighted by molar-refractivity contribution is -0.112. The molecule has 0 saturated heterocycles. The summed E-state index contributed by atoms with van der Waals surface area (Å²) in [5.74, 6) is 0.682. The lowest BCUT2D eigenvalue weighted by Crippen LogP contribution is -2.20. The minimum absolute atomic E-state index is 0.0421. The molecule has 1 aliphatic rings. The van der Waals surface area contributed by atoms with Crippen molar-refractivity contribution in [3.63, 3.8) is 0 Å². The summed E-state index contributed by atoms with van der Waals surface area (Å²) in [6.07, 6.45) is 1.87. The van der Waals surface area contributed by atoms with Crippen LogP contribution in [0.2, 0.25) is 0 Å². The summed E-state index contributed by atoms with van der Waals surface area (Å²) in [7, 11) is 3.40. The van der Waals surface area contributed by atoms with Gasteiger partial charge in [-0.25, -0.2) is 9.50 Å². The van der Waals surface area contributed by atoms with Crippen molar-refractivity contribution in [1.82, 2.24) is 14.6 Å². The van der Waals surface area contributed by atoms with Crippen LogP contribution in [-0.4, -0.2) is 34.7 Å². The highest BCUT2D eigenvalue weighted by Crippen LogP contribution is 2.39. The second-order valence-corrected chi connectivity index (χ2v) is 6.86. The number of methoxy groups -OCH3 is 1. The van der Waals surface area contributed by atoms with Crippen molar-refractivity contribution in [2.24, 2.45) is 0 Å². The van der Waals surface area contributed by atoms with E-state index < -0.39 is 0 Å². The molecule has 24 heavy (non-hydrogen) atoms. The highest BCUT2D eigenvalue weighted by atomic mass is 32.1. The fourth-order valence-corrected chi connectivity index (χ4v) is 3.75. The lowest BCUT2D eigenvalue weighted by Gasteiger charge is -2.09. The number of anilines is 1. The van der Waals surface area contributed by atoms with Gasteiger partial charge in [0.05, 0.1) is 29.8 Å². The molecule has 2 aromatic heterocycles. The van der Waals surface area contributed by atoms with Gasteiger partial charge in [-0.3, -0.25) is 4.79 Å². The van der Waals surface area contributed by atoms with Crippen LogP contribution in [-0.2, 0) is 4.79 Å². The van der Waals surface area contributed by atoms with Crippen LogP contribution in [0.5, 0.6) is 5.75 Å². The molecule has 1 amide bonds. The molecule has 0 spiro atoms. The normalized spacial score (nSPS) is 15.6. The van der Waals surface area contributed by atoms with E-state index in [9.17, 15) is 4.79 Å². The van der Waals surface area contributed by atoms with E-state index in [2.05, 4.69) is 10.1 Å². The van der Waals surface area contributed by atoms with Crippen molar-refractivity contribution in [3.05, 3.63) is 40.2 Å². The molecular weight excluding hydrogens is 324 g/mol. The van der Waals surface area contributed by atoms with Gasteiger partial charge in [-0.1, -0.05) is 11.3 Å². The standard InChI is InChI=1S/C17H16N4O2S/c1-9-15(21-17(18-9)24-10(2)19-21)8-13-12-7-11(23-4)5-6-14(12)20(3)16(13)22/h5-8H,1-4H3/b13-8-. The van der Waals surface area contributed by atoms with Crippen molar-refractivity contribution in [1.29, 1.82) is 0 Å². The Morgan fingerprint density at radius 1 is 1.29 bits per heavy atom. The van der Waals surface area contributed by atoms with Crippen LogP contribution in [0.1, 0.15) is 22.0 Å². The third-order valence-electron chi connectivity index (χ3n) is 4.19. The van der Waals surface area contributed by atoms with Crippen LogP contribution in [0, 0.1) is 13.8 Å². The zero-order valence-electron chi connectivity index (χ0n) is 13.8. The molecule has 0 bridgehead atoms. The summed E-state index contributed by atoms with van der Waals surface area (Å²) >= 11 is 1.53. The Balaban J connectivity index is 1.94. The Morgan fingerprint density at radius 2 is 2.08 bits per heavy atom. The van der Waals surface area contributed by atoms with Gasteiger partial charge in [-0.2, -0.15) is 5.10 Å². The number of ether oxygens (including phenoxy) is 1. The SMILES string of the molecule is COc1ccc2c(c1)/C(=C/c1c(C)nc3sc(C)nn13)C(=O)N2C. The summed E-state index contributed by atoms with van der Waals surface area (Å²) in [6.45, 7) is 3.87. The van der Waals surface area contributed by atoms with Gasteiger partial charge in [0.25, 0.3) is 5.91 Å². The lowest BCUT2D eigenvalue weighted by atomic mass is 10.1. The number of aromatic nitrogens is 3. The largest absolute Gasteiger partial charge is 0.497 e. The van der Waals surface area contributed by atoms with Crippen LogP contribution in [0.4, 0.5) is 5.69 Å². The maximum Gasteiger partial charge on any atom is 0.258 e. The average molecular weight is 340 g/mol. The predicted molar refractivity (Wildman–Crippen MR) is 94.6 cm³/mol. The van der Waals surface area contributed by atoms with E-state index in [1.807, 2.05) is 38.1 Å². The molecule has 1 aromatic carbocycles. The quantitative estimate of drug-likeness (QED) is 0.673. The molecule has 0 N–H and O–H groups in total. The number of imidazole rings is 1. The van der Waals surface area contributed by atoms with Gasteiger partial charge in [-0.15, -0.1) is 0 Å². The Bertz CT molecular complexity index is 1020. The van der Waals surface area contributed by atoms with Crippen LogP contribution < -0.4 is 9.64 Å². The van der Waals surface area contributed by atoms with Crippen molar-refractivity contribution >= 4 is 39.5 Å². The topological polar surface area (TPSA) is 59.7 Å². The van der Waals surface area contributed by atoms with Crippen molar-refractivity contribution in [3.8, 4) is 5.75 Å². The predicted octanol–water partition coefficient (Wildman–Crippen LogP) is 2.93. The first-order chi connectivity index (χ1) is 11.5. The van der Waals surface area contributed by atoms with Gasteiger partial charge >= 0.3 is 0 Å². The van der Waals surface area contributed by atoms with Gasteiger partial charge in [0, 0.05) is 12.6 Å². The summed E-state index contributed by atoms with van der Waals surface area (Å²) < 4.78 is 7.10. The highest BCUT2D eigenvalue weighted by molar-refractivity contribution is 7.16. The fraction of sp³-hybridized carbons (Fsp3) is 0.235. The Kier molecular flexibility index (Phi) is 3.21. The molecule has 4 rings (SSSR count). The molecule has 6 nitrogen and oxygen atoms in total. The number of hydrogen-bond acceptors (Lipinski definition) is 5. The van der Waals surface area contributed by atoms with E-state index in [0.29, 0.717) is 5.57 Å². The highest BCUT2D eigenvalue weighted by Gasteiger charge is 2.30. The Morgan fingerprint density at radius 3 is 2.83 bits per heavy atom. The average Bonchev–Trinajstić information content (AvgIpc) is 3.13. The molecule has 0 aliphatic carbocycles. The second kappa shape index (κ2) is 5.17. The van der Waals surface area contributed by atoms with Gasteiger partial charge in [0.2, 0.25) is 4.96 Å². The molecule has 122 valence electrons. The molecular formula is C17H16N4O2S. The second-order valence-electron chi connectivity index (χ2n) is 5.70. The molecule has 3 heterocycles. The number of rotatable bonds is 2.